The van der Waals surface area contributed by atoms with Crippen LogP contribution in [-0.4, -0.2) is 33.8 Å². The van der Waals surface area contributed by atoms with Crippen molar-refractivity contribution in [2.45, 2.75) is 4.90 Å². The smallest absolute Gasteiger partial charge is 0.433 e. The molecule has 1 aromatic heterocycles. The monoisotopic (exact) mass is 355 g/mol. The lowest BCUT2D eigenvalue weighted by Gasteiger charge is -2.10. The maximum absolute atomic E-state index is 12.3. The number of nitrogens with zero attached hydrogens (tertiary/aromatic N) is 2. The molecule has 2 aromatic rings. The Morgan fingerprint density at radius 2 is 2.00 bits per heavy atom. The van der Waals surface area contributed by atoms with Crippen LogP contribution in [-0.2, 0) is 10.0 Å². The number of methoxy groups -OCH3 is 2. The van der Waals surface area contributed by atoms with Crippen molar-refractivity contribution < 1.29 is 27.2 Å². The molecule has 0 unspecified atom stereocenters. The van der Waals surface area contributed by atoms with Gasteiger partial charge in [0.05, 0.1) is 26.5 Å². The van der Waals surface area contributed by atoms with Gasteiger partial charge in [0, 0.05) is 6.07 Å². The molecule has 0 spiro atoms. The summed E-state index contributed by atoms with van der Waals surface area (Å²) in [5.41, 5.74) is 0. The first kappa shape index (κ1) is 17.3. The Morgan fingerprint density at radius 3 is 2.58 bits per heavy atom. The van der Waals surface area contributed by atoms with E-state index in [2.05, 4.69) is 5.10 Å². The van der Waals surface area contributed by atoms with Gasteiger partial charge in [-0.3, -0.25) is 10.1 Å². The van der Waals surface area contributed by atoms with Crippen molar-refractivity contribution in [3.63, 3.8) is 0 Å². The van der Waals surface area contributed by atoms with Crippen LogP contribution in [0.2, 0.25) is 0 Å². The fourth-order valence-electron chi connectivity index (χ4n) is 1.71. The second-order valence-electron chi connectivity index (χ2n) is 4.30. The fourth-order valence-corrected chi connectivity index (χ4v) is 2.69. The molecule has 24 heavy (non-hydrogen) atoms. The predicted octanol–water partition coefficient (Wildman–Crippen LogP) is 1.52. The van der Waals surface area contributed by atoms with E-state index in [1.807, 2.05) is 4.83 Å². The summed E-state index contributed by atoms with van der Waals surface area (Å²) < 4.78 is 39.4. The third-order valence-electron chi connectivity index (χ3n) is 2.82. The molecule has 128 valence electrons. The highest BCUT2D eigenvalue weighted by atomic mass is 32.2. The van der Waals surface area contributed by atoms with Crippen LogP contribution >= 0.6 is 0 Å². The molecule has 0 atom stereocenters. The number of furan rings is 1. The van der Waals surface area contributed by atoms with Crippen molar-refractivity contribution in [1.82, 2.24) is 4.83 Å². The van der Waals surface area contributed by atoms with Crippen molar-refractivity contribution in [2.24, 2.45) is 5.10 Å². The van der Waals surface area contributed by atoms with Gasteiger partial charge in [-0.15, -0.1) is 0 Å². The molecular weight excluding hydrogens is 342 g/mol. The maximum atomic E-state index is 12.3. The zero-order valence-electron chi connectivity index (χ0n) is 12.6. The van der Waals surface area contributed by atoms with E-state index >= 15 is 0 Å². The van der Waals surface area contributed by atoms with Crippen LogP contribution < -0.4 is 14.3 Å². The van der Waals surface area contributed by atoms with Crippen molar-refractivity contribution in [3.05, 3.63) is 46.2 Å². The van der Waals surface area contributed by atoms with Crippen molar-refractivity contribution in [2.75, 3.05) is 14.2 Å². The predicted molar refractivity (Wildman–Crippen MR) is 82.8 cm³/mol. The van der Waals surface area contributed by atoms with E-state index in [9.17, 15) is 18.5 Å². The maximum Gasteiger partial charge on any atom is 0.433 e. The summed E-state index contributed by atoms with van der Waals surface area (Å²) in [5, 5.41) is 14.0. The summed E-state index contributed by atoms with van der Waals surface area (Å²) >= 11 is 0. The third kappa shape index (κ3) is 3.81. The highest BCUT2D eigenvalue weighted by Gasteiger charge is 2.20. The Bertz CT molecular complexity index is 873. The van der Waals surface area contributed by atoms with E-state index in [0.717, 1.165) is 12.3 Å². The van der Waals surface area contributed by atoms with Crippen molar-refractivity contribution in [3.8, 4) is 11.5 Å². The molecule has 0 fully saturated rings. The SMILES string of the molecule is COc1ccc(OC)c(S(=O)(=O)N/N=C\c2ccc([N+](=O)[O-])o2)c1. The topological polar surface area (TPSA) is 133 Å². The van der Waals surface area contributed by atoms with E-state index in [0.29, 0.717) is 5.75 Å². The normalized spacial score (nSPS) is 11.4. The molecule has 1 aromatic carbocycles. The number of hydrogen-bond acceptors (Lipinski definition) is 8. The van der Waals surface area contributed by atoms with E-state index < -0.39 is 20.8 Å². The number of nitrogens with one attached hydrogen (secondary N) is 1. The first-order chi connectivity index (χ1) is 11.4. The summed E-state index contributed by atoms with van der Waals surface area (Å²) in [6.45, 7) is 0. The Kier molecular flexibility index (Phi) is 5.04. The van der Waals surface area contributed by atoms with Crippen LogP contribution in [0.3, 0.4) is 0 Å². The minimum atomic E-state index is -4.04. The molecule has 10 nitrogen and oxygen atoms in total. The highest BCUT2D eigenvalue weighted by Crippen LogP contribution is 2.27. The Labute approximate surface area is 136 Å². The lowest BCUT2D eigenvalue weighted by molar-refractivity contribution is -0.402. The zero-order chi connectivity index (χ0) is 17.7. The molecule has 0 aliphatic rings. The Balaban J connectivity index is 2.21. The summed E-state index contributed by atoms with van der Waals surface area (Å²) in [6.07, 6.45) is 0.997. The number of sulfonamides is 1. The van der Waals surface area contributed by atoms with Crippen molar-refractivity contribution in [1.29, 1.82) is 0 Å². The number of nitro groups is 1. The van der Waals surface area contributed by atoms with E-state index in [1.54, 1.807) is 6.07 Å². The van der Waals surface area contributed by atoms with Gasteiger partial charge < -0.3 is 13.9 Å². The standard InChI is InChI=1S/C13H13N3O7S/c1-21-9-3-5-11(22-2)12(7-9)24(19,20)15-14-8-10-4-6-13(23-10)16(17)18/h3-8,15H,1-2H3/b14-8-. The molecule has 0 radical (unpaired) electrons. The molecule has 11 heteroatoms. The number of ether oxygens (including phenoxy) is 2. The zero-order valence-corrected chi connectivity index (χ0v) is 13.4. The Hall–Kier alpha value is -3.08. The second kappa shape index (κ2) is 7.00. The van der Waals surface area contributed by atoms with Crippen LogP contribution in [0.25, 0.3) is 0 Å². The van der Waals surface area contributed by atoms with Crippen molar-refractivity contribution >= 4 is 22.1 Å². The molecule has 0 saturated heterocycles. The van der Waals surface area contributed by atoms with Gasteiger partial charge in [0.25, 0.3) is 10.0 Å². The molecule has 1 N–H and O–H groups in total. The summed E-state index contributed by atoms with van der Waals surface area (Å²) in [7, 11) is -1.32. The minimum absolute atomic E-state index is 0.0157. The quantitative estimate of drug-likeness (QED) is 0.452. The summed E-state index contributed by atoms with van der Waals surface area (Å²) in [6, 6.07) is 6.66. The van der Waals surface area contributed by atoms with Gasteiger partial charge in [-0.05, 0) is 18.2 Å². The van der Waals surface area contributed by atoms with Gasteiger partial charge in [0.15, 0.2) is 5.76 Å². The average Bonchev–Trinajstić information content (AvgIpc) is 3.03. The fraction of sp³-hybridized carbons (Fsp3) is 0.154. The Morgan fingerprint density at radius 1 is 1.25 bits per heavy atom. The van der Waals surface area contributed by atoms with Gasteiger partial charge in [-0.2, -0.15) is 18.4 Å². The lowest BCUT2D eigenvalue weighted by atomic mass is 10.3. The number of benzene rings is 1. The molecule has 0 saturated carbocycles. The first-order valence-electron chi connectivity index (χ1n) is 6.38. The first-order valence-corrected chi connectivity index (χ1v) is 7.87. The lowest BCUT2D eigenvalue weighted by Crippen LogP contribution is -2.19. The van der Waals surface area contributed by atoms with Crippen LogP contribution in [0.4, 0.5) is 5.88 Å². The summed E-state index contributed by atoms with van der Waals surface area (Å²) in [4.78, 5) is 11.6. The van der Waals surface area contributed by atoms with Gasteiger partial charge in [0.1, 0.15) is 21.3 Å². The van der Waals surface area contributed by atoms with Crippen LogP contribution in [0.5, 0.6) is 11.5 Å². The molecule has 0 bridgehead atoms. The number of rotatable bonds is 7. The van der Waals surface area contributed by atoms with E-state index in [1.165, 1.54) is 32.4 Å². The van der Waals surface area contributed by atoms with Gasteiger partial charge in [-0.1, -0.05) is 0 Å². The van der Waals surface area contributed by atoms with Gasteiger partial charge >= 0.3 is 5.88 Å². The number of hydrazone groups is 1. The largest absolute Gasteiger partial charge is 0.497 e. The van der Waals surface area contributed by atoms with Crippen LogP contribution in [0, 0.1) is 10.1 Å². The third-order valence-corrected chi connectivity index (χ3v) is 4.06. The van der Waals surface area contributed by atoms with Gasteiger partial charge in [-0.25, -0.2) is 0 Å². The van der Waals surface area contributed by atoms with Crippen LogP contribution in [0.1, 0.15) is 5.76 Å². The molecule has 0 aliphatic heterocycles. The average molecular weight is 355 g/mol. The highest BCUT2D eigenvalue weighted by molar-refractivity contribution is 7.89. The molecule has 1 heterocycles. The van der Waals surface area contributed by atoms with E-state index in [-0.39, 0.29) is 16.4 Å². The van der Waals surface area contributed by atoms with E-state index in [4.69, 9.17) is 13.9 Å². The molecule has 0 aliphatic carbocycles. The van der Waals surface area contributed by atoms with Gasteiger partial charge in [0.2, 0.25) is 0 Å². The minimum Gasteiger partial charge on any atom is -0.497 e. The van der Waals surface area contributed by atoms with Crippen LogP contribution in [0.15, 0.2) is 44.7 Å². The second-order valence-corrected chi connectivity index (χ2v) is 5.93. The molecule has 2 rings (SSSR count). The molecular formula is C13H13N3O7S. The molecule has 0 amide bonds. The number of hydrogen-bond donors (Lipinski definition) is 1. The summed E-state index contributed by atoms with van der Waals surface area (Å²) in [5.74, 6) is -0.0373.